The SMILES string of the molecule is Cc1cc(C(=O)NCCCC[C@H](CC(=O)CCOCCOCCOCCOCCCC(=O)CCCCC[C@H]2NC(=S)N[C@H]2C)C(=O)ON2C(=O)CCC2=O)ccc1-c1c2ccc(=N)c(S(=O)(=O)O)c-2oc2c(S(=O)(=O)O)c(N)ccc12. The Balaban J connectivity index is 0.898. The summed E-state index contributed by atoms with van der Waals surface area (Å²) in [5, 5.41) is 18.0. The van der Waals surface area contributed by atoms with Gasteiger partial charge in [-0.2, -0.15) is 16.8 Å². The molecule has 3 heterocycles. The van der Waals surface area contributed by atoms with Crippen LogP contribution in [0, 0.1) is 18.3 Å². The molecule has 81 heavy (non-hydrogen) atoms. The van der Waals surface area contributed by atoms with Crippen molar-refractivity contribution in [2.24, 2.45) is 5.92 Å². The lowest BCUT2D eigenvalue weighted by atomic mass is 9.90. The lowest BCUT2D eigenvalue weighted by Gasteiger charge is -2.20. The molecule has 0 unspecified atom stereocenters. The van der Waals surface area contributed by atoms with E-state index in [0.29, 0.717) is 98.5 Å². The zero-order valence-electron chi connectivity index (χ0n) is 45.2. The van der Waals surface area contributed by atoms with Crippen LogP contribution in [0.25, 0.3) is 33.4 Å². The first-order valence-corrected chi connectivity index (χ1v) is 30.0. The number of nitrogens with zero attached hydrogens (tertiary/aromatic N) is 1. The van der Waals surface area contributed by atoms with Crippen molar-refractivity contribution >= 4 is 89.5 Å². The van der Waals surface area contributed by atoms with Crippen LogP contribution >= 0.6 is 12.2 Å². The van der Waals surface area contributed by atoms with E-state index in [1.54, 1.807) is 6.92 Å². The van der Waals surface area contributed by atoms with Crippen molar-refractivity contribution < 1.29 is 82.9 Å². The number of Topliss-reactive ketones (excluding diaryl/α,β-unsaturated/α-hetero) is 2. The largest absolute Gasteiger partial charge is 0.453 e. The number of unbranched alkanes of at least 4 members (excludes halogenated alkanes) is 3. The van der Waals surface area contributed by atoms with Gasteiger partial charge in [-0.25, -0.2) is 4.79 Å². The molecule has 2 aromatic rings. The van der Waals surface area contributed by atoms with Crippen molar-refractivity contribution in [3.8, 4) is 22.5 Å². The van der Waals surface area contributed by atoms with Crippen LogP contribution in [0.5, 0.6) is 0 Å². The zero-order valence-corrected chi connectivity index (χ0v) is 47.7. The van der Waals surface area contributed by atoms with Crippen LogP contribution in [0.2, 0.25) is 0 Å². The maximum absolute atomic E-state index is 13.4. The minimum absolute atomic E-state index is 0.0345. The third-order valence-corrected chi connectivity index (χ3v) is 15.8. The van der Waals surface area contributed by atoms with Crippen molar-refractivity contribution in [1.29, 1.82) is 5.41 Å². The molecule has 2 saturated heterocycles. The number of thiocarbonyl (C=S) groups is 1. The first-order chi connectivity index (χ1) is 38.5. The van der Waals surface area contributed by atoms with Gasteiger partial charge >= 0.3 is 5.97 Å². The van der Waals surface area contributed by atoms with Crippen molar-refractivity contribution in [1.82, 2.24) is 21.0 Å². The van der Waals surface area contributed by atoms with Crippen molar-refractivity contribution in [2.75, 3.05) is 65.1 Å². The highest BCUT2D eigenvalue weighted by Crippen LogP contribution is 2.45. The van der Waals surface area contributed by atoms with Gasteiger partial charge < -0.3 is 49.9 Å². The summed E-state index contributed by atoms with van der Waals surface area (Å²) in [6.07, 6.45) is 5.95. The summed E-state index contributed by atoms with van der Waals surface area (Å²) in [5.74, 6) is -4.46. The normalized spacial score (nSPS) is 16.0. The van der Waals surface area contributed by atoms with Gasteiger partial charge in [0, 0.05) is 85.8 Å². The fourth-order valence-corrected chi connectivity index (χ4v) is 11.3. The van der Waals surface area contributed by atoms with Crippen LogP contribution < -0.4 is 27.0 Å². The second kappa shape index (κ2) is 30.1. The molecule has 3 atom stereocenters. The van der Waals surface area contributed by atoms with Gasteiger partial charge in [0.25, 0.3) is 38.0 Å². The average Bonchev–Trinajstić information content (AvgIpc) is 3.24. The highest BCUT2D eigenvalue weighted by atomic mass is 32.2. The quantitative estimate of drug-likeness (QED) is 0.00782. The lowest BCUT2D eigenvalue weighted by molar-refractivity contribution is -0.201. The summed E-state index contributed by atoms with van der Waals surface area (Å²) in [7, 11) is -10.2. The summed E-state index contributed by atoms with van der Waals surface area (Å²) in [6.45, 7) is 6.25. The number of anilines is 1. The van der Waals surface area contributed by atoms with Gasteiger partial charge in [-0.1, -0.05) is 25.3 Å². The maximum atomic E-state index is 13.4. The van der Waals surface area contributed by atoms with E-state index in [0.717, 1.165) is 31.7 Å². The second-order valence-electron chi connectivity index (χ2n) is 19.8. The molecule has 27 heteroatoms. The van der Waals surface area contributed by atoms with E-state index >= 15 is 0 Å². The molecule has 3 aliphatic heterocycles. The molecular weight excluding hydrogens is 1120 g/mol. The van der Waals surface area contributed by atoms with E-state index < -0.39 is 82.0 Å². The fraction of sp³-hybridized carbons (Fsp3) is 0.519. The van der Waals surface area contributed by atoms with Gasteiger partial charge in [0.05, 0.1) is 63.2 Å². The summed E-state index contributed by atoms with van der Waals surface area (Å²) in [5.41, 5.74) is 6.14. The second-order valence-corrected chi connectivity index (χ2v) is 22.9. The third kappa shape index (κ3) is 18.3. The van der Waals surface area contributed by atoms with Gasteiger partial charge in [-0.05, 0) is 106 Å². The first kappa shape index (κ1) is 63.9. The Kier molecular flexibility index (Phi) is 23.8. The molecule has 4 aliphatic rings. The first-order valence-electron chi connectivity index (χ1n) is 26.7. The number of ether oxygens (including phenoxy) is 4. The Labute approximate surface area is 474 Å². The monoisotopic (exact) mass is 1190 g/mol. The fourth-order valence-electron chi connectivity index (χ4n) is 9.48. The molecule has 24 nitrogen and oxygen atoms in total. The number of benzene rings is 3. The van der Waals surface area contributed by atoms with Crippen LogP contribution in [0.1, 0.15) is 113 Å². The van der Waals surface area contributed by atoms with Gasteiger partial charge in [-0.3, -0.25) is 38.5 Å². The molecule has 1 aliphatic carbocycles. The van der Waals surface area contributed by atoms with Gasteiger partial charge in [0.15, 0.2) is 26.2 Å². The number of amides is 3. The minimum Gasteiger partial charge on any atom is -0.453 e. The summed E-state index contributed by atoms with van der Waals surface area (Å²) >= 11 is 5.16. The molecule has 0 saturated carbocycles. The minimum atomic E-state index is -5.13. The number of nitrogen functional groups attached to an aromatic ring is 1. The van der Waals surface area contributed by atoms with Crippen LogP contribution in [0.15, 0.2) is 56.7 Å². The van der Waals surface area contributed by atoms with Crippen molar-refractivity contribution in [2.45, 2.75) is 126 Å². The molecule has 3 amide bonds. The summed E-state index contributed by atoms with van der Waals surface area (Å²) in [4.78, 5) is 79.8. The molecule has 6 rings (SSSR count). The van der Waals surface area contributed by atoms with E-state index in [4.69, 9.17) is 51.6 Å². The molecule has 2 aromatic carbocycles. The highest BCUT2D eigenvalue weighted by Gasteiger charge is 2.36. The van der Waals surface area contributed by atoms with Crippen LogP contribution in [0.4, 0.5) is 5.69 Å². The third-order valence-electron chi connectivity index (χ3n) is 13.7. The number of imide groups is 1. The molecule has 0 spiro atoms. The number of fused-ring (bicyclic) bond motifs is 2. The lowest BCUT2D eigenvalue weighted by Crippen LogP contribution is -2.35. The predicted molar refractivity (Wildman–Crippen MR) is 297 cm³/mol. The number of carbonyl (C=O) groups is 6. The van der Waals surface area contributed by atoms with E-state index in [1.165, 1.54) is 36.4 Å². The van der Waals surface area contributed by atoms with E-state index in [2.05, 4.69) is 22.9 Å². The topological polar surface area (TPSA) is 360 Å². The Bertz CT molecular complexity index is 3190. The number of carbonyl (C=O) groups excluding carboxylic acids is 6. The zero-order chi connectivity index (χ0) is 58.9. The summed E-state index contributed by atoms with van der Waals surface area (Å²) in [6, 6.07) is 10.2. The molecule has 2 fully saturated rings. The smallest absolute Gasteiger partial charge is 0.336 e. The van der Waals surface area contributed by atoms with Crippen LogP contribution in [0.3, 0.4) is 0 Å². The standard InChI is InChI=1S/C54H70N6O18S3/c1-33-31-35(13-14-39(33)47-40-15-17-42(55)50(80(67,68)69)48(40)77-49-41(47)16-18-43(56)51(49)81(70,71)72)52(65)57-22-7-6-9-36(53(66)78-60-45(63)19-20-46(60)64)32-38(62)21-24-74-26-28-76-30-29-75-27-25-73-23-8-11-37(61)10-4-3-5-12-44-34(2)58-54(79)59-44/h13-18,31,34,36,44,55H,3-12,19-30,32,56H2,1-2H3,(H,57,65)(H2,58,59,79)(H,67,68,69)(H,70,71,72)/t34-,36+,44+/m0/s1. The molecule has 0 bridgehead atoms. The van der Waals surface area contributed by atoms with Crippen molar-refractivity contribution in [3.63, 3.8) is 0 Å². The number of nitrogens with two attached hydrogens (primary N) is 1. The maximum Gasteiger partial charge on any atom is 0.336 e. The number of hydrogen-bond acceptors (Lipinski definition) is 19. The van der Waals surface area contributed by atoms with Crippen molar-refractivity contribution in [3.05, 3.63) is 58.9 Å². The van der Waals surface area contributed by atoms with Gasteiger partial charge in [-0.15, -0.1) is 5.06 Å². The molecule has 8 N–H and O–H groups in total. The number of ketones is 2. The Morgan fingerprint density at radius 3 is 2.04 bits per heavy atom. The average molecular weight is 1190 g/mol. The summed E-state index contributed by atoms with van der Waals surface area (Å²) < 4.78 is 98.4. The number of hydrogen-bond donors (Lipinski definition) is 7. The Morgan fingerprint density at radius 2 is 1.41 bits per heavy atom. The molecule has 0 aromatic heterocycles. The molecule has 442 valence electrons. The van der Waals surface area contributed by atoms with Crippen LogP contribution in [-0.4, -0.2) is 143 Å². The Morgan fingerprint density at radius 1 is 0.778 bits per heavy atom. The molecular formula is C54H70N6O18S3. The van der Waals surface area contributed by atoms with Gasteiger partial charge in [0.2, 0.25) is 0 Å². The number of nitrogens with one attached hydrogen (secondary N) is 4. The van der Waals surface area contributed by atoms with Gasteiger partial charge in [0.1, 0.15) is 11.6 Å². The van der Waals surface area contributed by atoms with E-state index in [-0.39, 0.29) is 92.1 Å². The van der Waals surface area contributed by atoms with E-state index in [9.17, 15) is 54.7 Å². The highest BCUT2D eigenvalue weighted by molar-refractivity contribution is 7.86. The van der Waals surface area contributed by atoms with E-state index in [1.807, 2.05) is 0 Å². The van der Waals surface area contributed by atoms with Crippen LogP contribution in [-0.2, 0) is 68.0 Å². The number of aryl methyl sites for hydroxylation is 1. The predicted octanol–water partition coefficient (Wildman–Crippen LogP) is 5.14. The Hall–Kier alpha value is -6.30. The number of rotatable bonds is 35. The molecule has 0 radical (unpaired) electrons. The number of hydroxylamine groups is 2.